The summed E-state index contributed by atoms with van der Waals surface area (Å²) >= 11 is 1.85. The average Bonchev–Trinajstić information content (AvgIpc) is 3.25. The summed E-state index contributed by atoms with van der Waals surface area (Å²) in [6.07, 6.45) is 3.65. The fourth-order valence-corrected chi connectivity index (χ4v) is 8.73. The van der Waals surface area contributed by atoms with Gasteiger partial charge in [-0.3, -0.25) is 4.98 Å². The van der Waals surface area contributed by atoms with Crippen molar-refractivity contribution in [3.63, 3.8) is 0 Å². The highest BCUT2D eigenvalue weighted by Gasteiger charge is 2.23. The van der Waals surface area contributed by atoms with E-state index in [0.717, 1.165) is 33.6 Å². The molecule has 1 aliphatic heterocycles. The molecule has 0 N–H and O–H groups in total. The number of rotatable bonds is 3. The molecule has 53 heavy (non-hydrogen) atoms. The highest BCUT2D eigenvalue weighted by atomic mass is 32.2. The van der Waals surface area contributed by atoms with Crippen molar-refractivity contribution in [2.75, 3.05) is 0 Å². The van der Waals surface area contributed by atoms with E-state index in [-0.39, 0.29) is 0 Å². The van der Waals surface area contributed by atoms with Gasteiger partial charge >= 0.3 is 0 Å². The SMILES string of the molecule is c1ccc(-c2nc(-c3cccnc3)cc(-c3ccc4c(c3)-c3ccc5ccccc5c3Sc3ccccc3-c3ccccc3-c3ccccc3-4)n2)cc1. The second kappa shape index (κ2) is 13.2. The minimum absolute atomic E-state index is 0.680. The van der Waals surface area contributed by atoms with Gasteiger partial charge < -0.3 is 0 Å². The maximum Gasteiger partial charge on any atom is 0.160 e. The van der Waals surface area contributed by atoms with Crippen LogP contribution in [-0.4, -0.2) is 15.0 Å². The van der Waals surface area contributed by atoms with E-state index >= 15 is 0 Å². The van der Waals surface area contributed by atoms with Crippen molar-refractivity contribution in [1.29, 1.82) is 0 Å². The number of pyridine rings is 1. The van der Waals surface area contributed by atoms with Gasteiger partial charge in [-0.2, -0.15) is 0 Å². The Hall–Kier alpha value is -6.62. The van der Waals surface area contributed by atoms with E-state index in [4.69, 9.17) is 9.97 Å². The number of hydrogen-bond acceptors (Lipinski definition) is 4. The van der Waals surface area contributed by atoms with Crippen molar-refractivity contribution in [2.24, 2.45) is 0 Å². The second-order valence-electron chi connectivity index (χ2n) is 13.2. The van der Waals surface area contributed by atoms with Crippen LogP contribution in [0.3, 0.4) is 0 Å². The fraction of sp³-hybridized carbons (Fsp3) is 0. The van der Waals surface area contributed by atoms with Crippen LogP contribution in [0.2, 0.25) is 0 Å². The molecular weight excluding hydrogens is 663 g/mol. The van der Waals surface area contributed by atoms with Crippen LogP contribution in [0.1, 0.15) is 0 Å². The first-order valence-corrected chi connectivity index (χ1v) is 18.6. The molecule has 1 aliphatic rings. The molecule has 3 heterocycles. The van der Waals surface area contributed by atoms with Crippen molar-refractivity contribution >= 4 is 22.5 Å². The summed E-state index contributed by atoms with van der Waals surface area (Å²) in [7, 11) is 0. The van der Waals surface area contributed by atoms with Crippen LogP contribution in [0.25, 0.3) is 89.2 Å². The van der Waals surface area contributed by atoms with Crippen LogP contribution in [0.15, 0.2) is 198 Å². The van der Waals surface area contributed by atoms with Gasteiger partial charge in [0.05, 0.1) is 11.4 Å². The first-order valence-electron chi connectivity index (χ1n) is 17.8. The Kier molecular flexibility index (Phi) is 7.74. The van der Waals surface area contributed by atoms with Crippen LogP contribution in [0.5, 0.6) is 0 Å². The van der Waals surface area contributed by atoms with Gasteiger partial charge in [-0.05, 0) is 85.6 Å². The van der Waals surface area contributed by atoms with E-state index in [2.05, 4.69) is 157 Å². The van der Waals surface area contributed by atoms with Gasteiger partial charge in [0.15, 0.2) is 5.82 Å². The molecule has 3 nitrogen and oxygen atoms in total. The third-order valence-electron chi connectivity index (χ3n) is 10.0. The van der Waals surface area contributed by atoms with Gasteiger partial charge in [0.1, 0.15) is 0 Å². The Labute approximate surface area is 312 Å². The maximum absolute atomic E-state index is 5.21. The Morgan fingerprint density at radius 2 is 0.962 bits per heavy atom. The molecule has 0 unspecified atom stereocenters. The van der Waals surface area contributed by atoms with Crippen molar-refractivity contribution in [2.45, 2.75) is 9.79 Å². The summed E-state index contributed by atoms with van der Waals surface area (Å²) in [5.74, 6) is 0.680. The number of aromatic nitrogens is 3. The lowest BCUT2D eigenvalue weighted by atomic mass is 9.85. The van der Waals surface area contributed by atoms with Crippen LogP contribution in [-0.2, 0) is 0 Å². The molecule has 0 radical (unpaired) electrons. The summed E-state index contributed by atoms with van der Waals surface area (Å²) in [4.78, 5) is 17.1. The number of nitrogens with zero attached hydrogens (tertiary/aromatic N) is 3. The Morgan fingerprint density at radius 1 is 0.377 bits per heavy atom. The van der Waals surface area contributed by atoms with E-state index in [1.807, 2.05) is 42.2 Å². The summed E-state index contributed by atoms with van der Waals surface area (Å²) in [6.45, 7) is 0. The van der Waals surface area contributed by atoms with Crippen LogP contribution >= 0.6 is 11.8 Å². The van der Waals surface area contributed by atoms with Crippen molar-refractivity contribution in [3.05, 3.63) is 188 Å². The molecule has 4 heteroatoms. The molecule has 2 aromatic heterocycles. The predicted molar refractivity (Wildman–Crippen MR) is 220 cm³/mol. The maximum atomic E-state index is 5.21. The smallest absolute Gasteiger partial charge is 0.160 e. The van der Waals surface area contributed by atoms with Gasteiger partial charge in [-0.1, -0.05) is 157 Å². The second-order valence-corrected chi connectivity index (χ2v) is 14.2. The monoisotopic (exact) mass is 693 g/mol. The molecule has 0 spiro atoms. The van der Waals surface area contributed by atoms with Crippen LogP contribution in [0.4, 0.5) is 0 Å². The molecule has 7 aromatic carbocycles. The fourth-order valence-electron chi connectivity index (χ4n) is 7.49. The zero-order chi connectivity index (χ0) is 35.1. The molecule has 9 aromatic rings. The number of benzene rings is 7. The molecule has 0 fully saturated rings. The molecule has 0 amide bonds. The van der Waals surface area contributed by atoms with Crippen LogP contribution < -0.4 is 0 Å². The lowest BCUT2D eigenvalue weighted by Gasteiger charge is -2.19. The quantitative estimate of drug-likeness (QED) is 0.185. The van der Waals surface area contributed by atoms with Crippen LogP contribution in [0, 0.1) is 0 Å². The topological polar surface area (TPSA) is 38.7 Å². The van der Waals surface area contributed by atoms with Crippen molar-refractivity contribution in [3.8, 4) is 78.4 Å². The standard InChI is InChI=1S/C49H31N3S/c1-2-14-33(15-3-1)49-51-45(30-46(52-49)35-16-12-28-50-31-35)34-25-26-41-39-20-7-6-18-37(39)38-19-8-9-21-40(38)42-22-10-11-23-47(42)53-48-36-17-5-4-13-32(36)24-27-43(48)44(41)29-34/h1-31H. The molecular formula is C49H31N3S. The van der Waals surface area contributed by atoms with Crippen molar-refractivity contribution < 1.29 is 0 Å². The predicted octanol–water partition coefficient (Wildman–Crippen LogP) is 13.2. The van der Waals surface area contributed by atoms with Gasteiger partial charge in [0.25, 0.3) is 0 Å². The molecule has 10 rings (SSSR count). The summed E-state index contributed by atoms with van der Waals surface area (Å²) in [5.41, 5.74) is 14.2. The minimum atomic E-state index is 0.680. The summed E-state index contributed by atoms with van der Waals surface area (Å²) < 4.78 is 0. The van der Waals surface area contributed by atoms with Crippen molar-refractivity contribution in [1.82, 2.24) is 15.0 Å². The summed E-state index contributed by atoms with van der Waals surface area (Å²) in [5, 5.41) is 2.45. The van der Waals surface area contributed by atoms with E-state index in [1.54, 1.807) is 6.20 Å². The molecule has 0 saturated heterocycles. The highest BCUT2D eigenvalue weighted by molar-refractivity contribution is 7.99. The Balaban J connectivity index is 1.29. The first kappa shape index (κ1) is 31.1. The molecule has 0 bridgehead atoms. The van der Waals surface area contributed by atoms with Gasteiger partial charge in [0, 0.05) is 38.9 Å². The van der Waals surface area contributed by atoms with E-state index in [1.165, 1.54) is 59.5 Å². The third-order valence-corrected chi connectivity index (χ3v) is 11.2. The Morgan fingerprint density at radius 3 is 1.70 bits per heavy atom. The van der Waals surface area contributed by atoms with Gasteiger partial charge in [-0.15, -0.1) is 0 Å². The lowest BCUT2D eigenvalue weighted by Crippen LogP contribution is -1.97. The summed E-state index contributed by atoms with van der Waals surface area (Å²) in [6, 6.07) is 62.9. The lowest BCUT2D eigenvalue weighted by molar-refractivity contribution is 1.18. The van der Waals surface area contributed by atoms with Gasteiger partial charge in [-0.25, -0.2) is 9.97 Å². The third kappa shape index (κ3) is 5.61. The van der Waals surface area contributed by atoms with E-state index in [0.29, 0.717) is 5.82 Å². The minimum Gasteiger partial charge on any atom is -0.264 e. The molecule has 0 atom stereocenters. The Bertz CT molecular complexity index is 2750. The van der Waals surface area contributed by atoms with E-state index < -0.39 is 0 Å². The highest BCUT2D eigenvalue weighted by Crippen LogP contribution is 2.50. The molecule has 0 saturated carbocycles. The first-order chi connectivity index (χ1) is 26.3. The molecule has 0 aliphatic carbocycles. The number of hydrogen-bond donors (Lipinski definition) is 0. The molecule has 248 valence electrons. The number of fused-ring (bicyclic) bond motifs is 11. The zero-order valence-electron chi connectivity index (χ0n) is 28.6. The average molecular weight is 694 g/mol. The van der Waals surface area contributed by atoms with Gasteiger partial charge in [0.2, 0.25) is 0 Å². The zero-order valence-corrected chi connectivity index (χ0v) is 29.5. The van der Waals surface area contributed by atoms with E-state index in [9.17, 15) is 0 Å². The largest absolute Gasteiger partial charge is 0.264 e. The normalized spacial score (nSPS) is 11.7.